The number of fused-ring (bicyclic) bond motifs is 1. The second kappa shape index (κ2) is 10.1. The molecular weight excluding hydrogens is 407 g/mol. The molecule has 158 valence electrons. The van der Waals surface area contributed by atoms with Crippen molar-refractivity contribution in [1.29, 1.82) is 0 Å². The molecule has 29 heavy (non-hydrogen) atoms. The van der Waals surface area contributed by atoms with Crippen LogP contribution in [0, 0.1) is 0 Å². The lowest BCUT2D eigenvalue weighted by atomic mass is 9.98. The van der Waals surface area contributed by atoms with Crippen LogP contribution in [0.4, 0.5) is 0 Å². The van der Waals surface area contributed by atoms with E-state index in [1.807, 2.05) is 30.3 Å². The second-order valence-corrected chi connectivity index (χ2v) is 9.43. The van der Waals surface area contributed by atoms with E-state index in [-0.39, 0.29) is 12.6 Å². The van der Waals surface area contributed by atoms with Crippen molar-refractivity contribution in [3.8, 4) is 5.75 Å². The van der Waals surface area contributed by atoms with Gasteiger partial charge in [0.25, 0.3) is 0 Å². The molecule has 0 saturated carbocycles. The number of aliphatic hydroxyl groups excluding tert-OH is 1. The fraction of sp³-hybridized carbons (Fsp3) is 0.478. The molecule has 2 N–H and O–H groups in total. The molecule has 0 spiro atoms. The van der Waals surface area contributed by atoms with Crippen molar-refractivity contribution in [3.05, 3.63) is 65.2 Å². The van der Waals surface area contributed by atoms with Crippen molar-refractivity contribution in [3.63, 3.8) is 0 Å². The number of para-hydroxylation sites is 1. The Morgan fingerprint density at radius 3 is 2.66 bits per heavy atom. The van der Waals surface area contributed by atoms with E-state index in [0.29, 0.717) is 5.75 Å². The number of alkyl halides is 2. The Bertz CT molecular complexity index is 784. The van der Waals surface area contributed by atoms with Crippen LogP contribution >= 0.6 is 23.2 Å². The number of aliphatic hydroxyl groups is 1. The van der Waals surface area contributed by atoms with Crippen molar-refractivity contribution in [1.82, 2.24) is 10.2 Å². The summed E-state index contributed by atoms with van der Waals surface area (Å²) in [5, 5.41) is 13.8. The highest BCUT2D eigenvalue weighted by Crippen LogP contribution is 2.28. The molecule has 1 aliphatic rings. The molecule has 0 aliphatic heterocycles. The first-order chi connectivity index (χ1) is 13.8. The van der Waals surface area contributed by atoms with E-state index in [2.05, 4.69) is 42.5 Å². The van der Waals surface area contributed by atoms with Crippen LogP contribution in [0.25, 0.3) is 0 Å². The summed E-state index contributed by atoms with van der Waals surface area (Å²) in [7, 11) is 4.15. The zero-order chi connectivity index (χ0) is 20.9. The molecule has 2 aromatic carbocycles. The number of halogens is 2. The van der Waals surface area contributed by atoms with Crippen LogP contribution in [0.1, 0.15) is 29.5 Å². The summed E-state index contributed by atoms with van der Waals surface area (Å²) >= 11 is 13.0. The fourth-order valence-corrected chi connectivity index (χ4v) is 4.21. The third-order valence-electron chi connectivity index (χ3n) is 5.20. The van der Waals surface area contributed by atoms with Gasteiger partial charge in [0.05, 0.1) is 0 Å². The van der Waals surface area contributed by atoms with Crippen molar-refractivity contribution < 1.29 is 9.84 Å². The van der Waals surface area contributed by atoms with E-state index in [1.165, 1.54) is 16.7 Å². The highest BCUT2D eigenvalue weighted by atomic mass is 35.5. The molecular formula is C23H30Cl2N2O2. The van der Waals surface area contributed by atoms with Gasteiger partial charge < -0.3 is 14.7 Å². The Labute approximate surface area is 183 Å². The van der Waals surface area contributed by atoms with Crippen LogP contribution in [-0.4, -0.2) is 47.3 Å². The van der Waals surface area contributed by atoms with Gasteiger partial charge in [0, 0.05) is 12.6 Å². The van der Waals surface area contributed by atoms with Crippen LogP contribution in [0.3, 0.4) is 0 Å². The Morgan fingerprint density at radius 1 is 1.17 bits per heavy atom. The number of rotatable bonds is 8. The van der Waals surface area contributed by atoms with Crippen LogP contribution in [-0.2, 0) is 19.4 Å². The van der Waals surface area contributed by atoms with E-state index in [0.717, 1.165) is 32.2 Å². The van der Waals surface area contributed by atoms with E-state index in [9.17, 15) is 5.11 Å². The molecule has 2 aromatic rings. The average Bonchev–Trinajstić information content (AvgIpc) is 2.87. The van der Waals surface area contributed by atoms with Crippen LogP contribution in [0.5, 0.6) is 5.75 Å². The lowest BCUT2D eigenvalue weighted by Crippen LogP contribution is -2.52. The predicted molar refractivity (Wildman–Crippen MR) is 120 cm³/mol. The molecule has 0 bridgehead atoms. The topological polar surface area (TPSA) is 44.7 Å². The summed E-state index contributed by atoms with van der Waals surface area (Å²) in [6.45, 7) is 0.927. The Kier molecular flexibility index (Phi) is 7.83. The van der Waals surface area contributed by atoms with Crippen LogP contribution in [0.15, 0.2) is 48.5 Å². The summed E-state index contributed by atoms with van der Waals surface area (Å²) < 4.78 is 4.13. The molecule has 0 aromatic heterocycles. The summed E-state index contributed by atoms with van der Waals surface area (Å²) in [4.78, 5) is 2.17. The standard InChI is InChI=1S/C23H30Cl2N2O2/c1-27(2)15-17-11-12-18-7-6-8-20(14-19(18)13-17)26-23(24,25)22(28)16-29-21-9-4-3-5-10-21/h3-5,9-13,20,22,26,28H,6-8,14-16H2,1-2H3/t20?,22-/m0/s1. The van der Waals surface area contributed by atoms with Gasteiger partial charge in [0.2, 0.25) is 0 Å². The maximum Gasteiger partial charge on any atom is 0.198 e. The molecule has 1 aliphatic carbocycles. The lowest BCUT2D eigenvalue weighted by molar-refractivity contribution is 0.0793. The van der Waals surface area contributed by atoms with Gasteiger partial charge in [-0.05, 0) is 68.6 Å². The molecule has 2 atom stereocenters. The van der Waals surface area contributed by atoms with Crippen molar-refractivity contribution >= 4 is 23.2 Å². The predicted octanol–water partition coefficient (Wildman–Crippen LogP) is 4.16. The van der Waals surface area contributed by atoms with Crippen molar-refractivity contribution in [2.24, 2.45) is 0 Å². The number of ether oxygens (including phenoxy) is 1. The van der Waals surface area contributed by atoms with Crippen LogP contribution in [0.2, 0.25) is 0 Å². The van der Waals surface area contributed by atoms with Crippen molar-refractivity contribution in [2.75, 3.05) is 20.7 Å². The monoisotopic (exact) mass is 436 g/mol. The average molecular weight is 437 g/mol. The summed E-state index contributed by atoms with van der Waals surface area (Å²) in [5.74, 6) is 0.674. The van der Waals surface area contributed by atoms with E-state index >= 15 is 0 Å². The molecule has 0 radical (unpaired) electrons. The smallest absolute Gasteiger partial charge is 0.198 e. The number of hydrogen-bond donors (Lipinski definition) is 2. The fourth-order valence-electron chi connectivity index (χ4n) is 3.77. The molecule has 0 heterocycles. The maximum atomic E-state index is 10.5. The second-order valence-electron chi connectivity index (χ2n) is 8.04. The number of nitrogens with one attached hydrogen (secondary N) is 1. The number of hydrogen-bond acceptors (Lipinski definition) is 4. The van der Waals surface area contributed by atoms with Crippen LogP contribution < -0.4 is 10.1 Å². The molecule has 6 heteroatoms. The minimum atomic E-state index is -1.48. The lowest BCUT2D eigenvalue weighted by Gasteiger charge is -2.31. The zero-order valence-electron chi connectivity index (χ0n) is 17.1. The molecule has 0 saturated heterocycles. The third kappa shape index (κ3) is 6.59. The normalized spacial score (nSPS) is 18.2. The molecule has 4 nitrogen and oxygen atoms in total. The Hall–Kier alpha value is -1.30. The maximum absolute atomic E-state index is 10.5. The molecule has 0 amide bonds. The zero-order valence-corrected chi connectivity index (χ0v) is 18.6. The molecule has 0 fully saturated rings. The summed E-state index contributed by atoms with van der Waals surface area (Å²) in [5.41, 5.74) is 4.02. The molecule has 1 unspecified atom stereocenters. The first-order valence-corrected chi connectivity index (χ1v) is 10.9. The first kappa shape index (κ1) is 22.4. The van der Waals surface area contributed by atoms with Gasteiger partial charge in [0.15, 0.2) is 4.46 Å². The largest absolute Gasteiger partial charge is 0.491 e. The van der Waals surface area contributed by atoms with Gasteiger partial charge >= 0.3 is 0 Å². The minimum Gasteiger partial charge on any atom is -0.491 e. The van der Waals surface area contributed by atoms with Gasteiger partial charge in [0.1, 0.15) is 18.5 Å². The third-order valence-corrected chi connectivity index (χ3v) is 5.92. The molecule has 3 rings (SSSR count). The van der Waals surface area contributed by atoms with E-state index in [1.54, 1.807) is 0 Å². The van der Waals surface area contributed by atoms with E-state index in [4.69, 9.17) is 27.9 Å². The Balaban J connectivity index is 1.62. The minimum absolute atomic E-state index is 0.0142. The summed E-state index contributed by atoms with van der Waals surface area (Å²) in [6.07, 6.45) is 2.83. The highest BCUT2D eigenvalue weighted by Gasteiger charge is 2.36. The highest BCUT2D eigenvalue weighted by molar-refractivity contribution is 6.48. The SMILES string of the molecule is CN(C)Cc1ccc2c(c1)CC(NC(Cl)(Cl)[C@@H](O)COc1ccccc1)CCC2. The number of nitrogens with zero attached hydrogens (tertiary/aromatic N) is 1. The van der Waals surface area contributed by atoms with Gasteiger partial charge in [-0.15, -0.1) is 0 Å². The number of benzene rings is 2. The van der Waals surface area contributed by atoms with Gasteiger partial charge in [-0.2, -0.15) is 0 Å². The Morgan fingerprint density at radius 2 is 1.93 bits per heavy atom. The van der Waals surface area contributed by atoms with Gasteiger partial charge in [-0.3, -0.25) is 5.32 Å². The van der Waals surface area contributed by atoms with E-state index < -0.39 is 10.6 Å². The van der Waals surface area contributed by atoms with Crippen molar-refractivity contribution in [2.45, 2.75) is 48.8 Å². The van der Waals surface area contributed by atoms with Gasteiger partial charge in [-0.1, -0.05) is 59.6 Å². The first-order valence-electron chi connectivity index (χ1n) is 10.1. The number of aryl methyl sites for hydroxylation is 1. The quantitative estimate of drug-likeness (QED) is 0.370. The van der Waals surface area contributed by atoms with Gasteiger partial charge in [-0.25, -0.2) is 0 Å². The summed E-state index contributed by atoms with van der Waals surface area (Å²) in [6, 6.07) is 16.2.